The fourth-order valence-electron chi connectivity index (χ4n) is 4.41. The van der Waals surface area contributed by atoms with Crippen LogP contribution < -0.4 is 5.32 Å². The summed E-state index contributed by atoms with van der Waals surface area (Å²) in [5, 5.41) is 13.6. The first-order valence-corrected chi connectivity index (χ1v) is 15.6. The largest absolute Gasteiger partial charge is 0.376 e. The lowest BCUT2D eigenvalue weighted by atomic mass is 9.89. The van der Waals surface area contributed by atoms with E-state index in [2.05, 4.69) is 89.2 Å². The zero-order valence-electron chi connectivity index (χ0n) is 27.0. The minimum Gasteiger partial charge on any atom is -0.376 e. The summed E-state index contributed by atoms with van der Waals surface area (Å²) in [6, 6.07) is -0.829. The highest BCUT2D eigenvalue weighted by Crippen LogP contribution is 2.28. The second-order valence-electron chi connectivity index (χ2n) is 10.8. The van der Waals surface area contributed by atoms with Crippen molar-refractivity contribution in [3.8, 4) is 83.4 Å². The van der Waals surface area contributed by atoms with E-state index in [-0.39, 0.29) is 24.2 Å². The molecule has 0 radical (unpaired) electrons. The number of nitrogens with one attached hydrogen (secondary N) is 1. The van der Waals surface area contributed by atoms with E-state index in [0.717, 1.165) is 19.3 Å². The van der Waals surface area contributed by atoms with Gasteiger partial charge in [0.1, 0.15) is 6.04 Å². The molecule has 0 bridgehead atoms. The Labute approximate surface area is 270 Å². The number of hydrogen-bond acceptors (Lipinski definition) is 6. The predicted molar refractivity (Wildman–Crippen MR) is 175 cm³/mol. The standard InChI is InChI=1S/C38H45NO6/c1-6-8-10-12-14-16-17-18-19-20-21-23-25-27-33(40)29-35(41)39-36-37(43-28-26-24-22-15-13-11-9-7-2)32(5)34(45-38(36)42)30-44-31(3)4/h1,31-32,34,36-38,42H,7,9,11,13,15,22,24,26-30H2,2-5H3,(H,39,41)/t32-,34-,36-,37+,38?/m1/s1. The molecule has 5 atom stereocenters. The van der Waals surface area contributed by atoms with E-state index in [1.807, 2.05) is 20.8 Å². The summed E-state index contributed by atoms with van der Waals surface area (Å²) in [6.45, 7) is 8.84. The molecule has 0 aromatic rings. The molecule has 1 aliphatic heterocycles. The van der Waals surface area contributed by atoms with Gasteiger partial charge in [-0.05, 0) is 91.3 Å². The first kappa shape index (κ1) is 38.9. The number of amides is 1. The fraction of sp³-hybridized carbons (Fsp3) is 0.579. The third kappa shape index (κ3) is 19.0. The summed E-state index contributed by atoms with van der Waals surface area (Å²) < 4.78 is 17.8. The van der Waals surface area contributed by atoms with Crippen molar-refractivity contribution in [1.29, 1.82) is 0 Å². The number of ketones is 1. The Balaban J connectivity index is 2.66. The first-order chi connectivity index (χ1) is 21.8. The topological polar surface area (TPSA) is 94.1 Å². The lowest BCUT2D eigenvalue weighted by molar-refractivity contribution is -0.248. The third-order valence-electron chi connectivity index (χ3n) is 6.74. The zero-order valence-corrected chi connectivity index (χ0v) is 27.0. The van der Waals surface area contributed by atoms with Crippen LogP contribution in [0.2, 0.25) is 0 Å². The Morgan fingerprint density at radius 3 is 2.00 bits per heavy atom. The maximum Gasteiger partial charge on any atom is 0.227 e. The van der Waals surface area contributed by atoms with E-state index in [1.165, 1.54) is 32.1 Å². The lowest BCUT2D eigenvalue weighted by Crippen LogP contribution is -2.62. The molecule has 2 N–H and O–H groups in total. The highest BCUT2D eigenvalue weighted by molar-refractivity contribution is 5.99. The second kappa shape index (κ2) is 25.2. The molecule has 1 amide bonds. The van der Waals surface area contributed by atoms with Crippen LogP contribution in [0.25, 0.3) is 0 Å². The first-order valence-electron chi connectivity index (χ1n) is 15.6. The summed E-state index contributed by atoms with van der Waals surface area (Å²) in [5.41, 5.74) is 0. The molecule has 7 heteroatoms. The normalized spacial score (nSPS) is 19.4. The number of hydrogen-bond donors (Lipinski definition) is 2. The third-order valence-corrected chi connectivity index (χ3v) is 6.74. The van der Waals surface area contributed by atoms with Crippen molar-refractivity contribution in [3.63, 3.8) is 0 Å². The molecule has 1 heterocycles. The number of Topliss-reactive ketones (excluding diaryl/α,β-unsaturated/α-hetero) is 1. The summed E-state index contributed by atoms with van der Waals surface area (Å²) in [7, 11) is 0. The van der Waals surface area contributed by atoms with E-state index in [0.29, 0.717) is 13.2 Å². The van der Waals surface area contributed by atoms with Crippen LogP contribution in [-0.4, -0.2) is 60.7 Å². The van der Waals surface area contributed by atoms with Gasteiger partial charge >= 0.3 is 0 Å². The molecule has 1 aliphatic rings. The van der Waals surface area contributed by atoms with Crippen LogP contribution in [0, 0.1) is 89.3 Å². The Hall–Kier alpha value is -4.10. The smallest absolute Gasteiger partial charge is 0.227 e. The minimum atomic E-state index is -1.31. The quantitative estimate of drug-likeness (QED) is 0.148. The van der Waals surface area contributed by atoms with Gasteiger partial charge in [-0.2, -0.15) is 0 Å². The summed E-state index contributed by atoms with van der Waals surface area (Å²) >= 11 is 0. The van der Waals surface area contributed by atoms with E-state index >= 15 is 0 Å². The molecule has 0 saturated carbocycles. The number of aliphatic hydroxyl groups excluding tert-OH is 1. The summed E-state index contributed by atoms with van der Waals surface area (Å²) in [4.78, 5) is 25.1. The second-order valence-corrected chi connectivity index (χ2v) is 10.8. The van der Waals surface area contributed by atoms with Gasteiger partial charge in [-0.25, -0.2) is 0 Å². The monoisotopic (exact) mass is 611 g/mol. The van der Waals surface area contributed by atoms with Gasteiger partial charge in [-0.1, -0.05) is 64.7 Å². The van der Waals surface area contributed by atoms with E-state index in [4.69, 9.17) is 20.6 Å². The average Bonchev–Trinajstić information content (AvgIpc) is 3.00. The van der Waals surface area contributed by atoms with Crippen molar-refractivity contribution in [2.24, 2.45) is 5.92 Å². The van der Waals surface area contributed by atoms with Crippen LogP contribution in [0.3, 0.4) is 0 Å². The SMILES string of the molecule is C#CC#CC#CC#CC#CC#CC#CCC(=O)CC(=O)N[C@H]1C(O)O[C@H](COC(C)C)[C@@H](C)[C@@H]1OCCCCCCCCCC. The van der Waals surface area contributed by atoms with Gasteiger partial charge in [0, 0.05) is 12.5 Å². The zero-order chi connectivity index (χ0) is 33.1. The molecule has 1 rings (SSSR count). The van der Waals surface area contributed by atoms with Crippen LogP contribution in [0.5, 0.6) is 0 Å². The Bertz CT molecular complexity index is 1350. The van der Waals surface area contributed by atoms with Crippen LogP contribution in [-0.2, 0) is 23.8 Å². The molecule has 0 aromatic heterocycles. The van der Waals surface area contributed by atoms with Crippen molar-refractivity contribution >= 4 is 11.7 Å². The van der Waals surface area contributed by atoms with Crippen molar-refractivity contribution in [2.75, 3.05) is 13.2 Å². The Kier molecular flexibility index (Phi) is 21.8. The van der Waals surface area contributed by atoms with Gasteiger partial charge in [0.25, 0.3) is 0 Å². The predicted octanol–water partition coefficient (Wildman–Crippen LogP) is 3.78. The fourth-order valence-corrected chi connectivity index (χ4v) is 4.41. The molecule has 7 nitrogen and oxygen atoms in total. The maximum absolute atomic E-state index is 12.8. The van der Waals surface area contributed by atoms with Gasteiger partial charge in [-0.3, -0.25) is 9.59 Å². The lowest BCUT2D eigenvalue weighted by Gasteiger charge is -2.44. The van der Waals surface area contributed by atoms with Crippen molar-refractivity contribution < 1.29 is 28.9 Å². The van der Waals surface area contributed by atoms with Gasteiger partial charge in [0.2, 0.25) is 5.91 Å². The van der Waals surface area contributed by atoms with Crippen molar-refractivity contribution in [1.82, 2.24) is 5.32 Å². The molecule has 0 aromatic carbocycles. The minimum absolute atomic E-state index is 0.00535. The van der Waals surface area contributed by atoms with Crippen molar-refractivity contribution in [3.05, 3.63) is 0 Å². The van der Waals surface area contributed by atoms with E-state index in [1.54, 1.807) is 0 Å². The molecular formula is C38H45NO6. The highest BCUT2D eigenvalue weighted by atomic mass is 16.6. The summed E-state index contributed by atoms with van der Waals surface area (Å²) in [6.07, 6.45) is 11.6. The van der Waals surface area contributed by atoms with Gasteiger partial charge in [-0.15, -0.1) is 6.42 Å². The molecule has 1 saturated heterocycles. The molecule has 0 spiro atoms. The number of carbonyl (C=O) groups excluding carboxylic acids is 2. The Morgan fingerprint density at radius 1 is 0.867 bits per heavy atom. The number of carbonyl (C=O) groups is 2. The molecule has 238 valence electrons. The van der Waals surface area contributed by atoms with Gasteiger partial charge < -0.3 is 24.6 Å². The van der Waals surface area contributed by atoms with E-state index in [9.17, 15) is 14.7 Å². The molecule has 1 unspecified atom stereocenters. The van der Waals surface area contributed by atoms with Crippen molar-refractivity contribution in [2.45, 2.75) is 123 Å². The number of unbranched alkanes of at least 4 members (excludes halogenated alkanes) is 7. The number of ether oxygens (including phenoxy) is 3. The number of terminal acetylenes is 1. The number of aliphatic hydroxyl groups is 1. The van der Waals surface area contributed by atoms with E-state index < -0.39 is 36.9 Å². The molecule has 45 heavy (non-hydrogen) atoms. The average molecular weight is 612 g/mol. The molecule has 0 aliphatic carbocycles. The van der Waals surface area contributed by atoms with Crippen LogP contribution in [0.15, 0.2) is 0 Å². The summed E-state index contributed by atoms with van der Waals surface area (Å²) in [5.74, 6) is 30.7. The maximum atomic E-state index is 12.8. The number of rotatable bonds is 17. The van der Waals surface area contributed by atoms with Gasteiger partial charge in [0.05, 0.1) is 37.8 Å². The van der Waals surface area contributed by atoms with Gasteiger partial charge in [0.15, 0.2) is 12.1 Å². The van der Waals surface area contributed by atoms with Crippen LogP contribution in [0.1, 0.15) is 91.9 Å². The molecular weight excluding hydrogens is 566 g/mol. The van der Waals surface area contributed by atoms with Crippen LogP contribution in [0.4, 0.5) is 0 Å². The Morgan fingerprint density at radius 2 is 1.42 bits per heavy atom. The highest BCUT2D eigenvalue weighted by Gasteiger charge is 2.44. The van der Waals surface area contributed by atoms with Crippen LogP contribution >= 0.6 is 0 Å². The molecule has 1 fully saturated rings.